The first-order valence-electron chi connectivity index (χ1n) is 7.92. The molecule has 1 heteroatoms. The molecule has 0 aliphatic rings. The van der Waals surface area contributed by atoms with Crippen molar-refractivity contribution >= 4 is 5.78 Å². The second kappa shape index (κ2) is 7.06. The van der Waals surface area contributed by atoms with E-state index in [1.165, 1.54) is 16.7 Å². The van der Waals surface area contributed by atoms with Crippen LogP contribution in [0.4, 0.5) is 0 Å². The van der Waals surface area contributed by atoms with Crippen molar-refractivity contribution in [3.63, 3.8) is 0 Å². The van der Waals surface area contributed by atoms with E-state index in [0.717, 1.165) is 11.1 Å². The van der Waals surface area contributed by atoms with Crippen molar-refractivity contribution < 1.29 is 4.79 Å². The fourth-order valence-corrected chi connectivity index (χ4v) is 2.79. The molecule has 3 aromatic carbocycles. The molecule has 0 spiro atoms. The maximum Gasteiger partial charge on any atom is 0.141 e. The molecule has 0 aliphatic carbocycles. The molecule has 0 amide bonds. The molecule has 114 valence electrons. The Kier molecular flexibility index (Phi) is 4.68. The van der Waals surface area contributed by atoms with Crippen molar-refractivity contribution in [1.82, 2.24) is 0 Å². The zero-order chi connectivity index (χ0) is 16.1. The minimum absolute atomic E-state index is 0.253. The van der Waals surface area contributed by atoms with Crippen LogP contribution in [0.15, 0.2) is 78.9 Å². The second-order valence-corrected chi connectivity index (χ2v) is 5.94. The quantitative estimate of drug-likeness (QED) is 0.647. The summed E-state index contributed by atoms with van der Waals surface area (Å²) in [6.07, 6.45) is 0.991. The van der Waals surface area contributed by atoms with Gasteiger partial charge in [-0.25, -0.2) is 0 Å². The van der Waals surface area contributed by atoms with Crippen LogP contribution in [0.25, 0.3) is 11.1 Å². The van der Waals surface area contributed by atoms with Gasteiger partial charge in [0.15, 0.2) is 0 Å². The van der Waals surface area contributed by atoms with E-state index in [1.807, 2.05) is 30.3 Å². The minimum Gasteiger partial charge on any atom is -0.299 e. The van der Waals surface area contributed by atoms with Crippen molar-refractivity contribution in [2.24, 2.45) is 0 Å². The molecule has 0 aliphatic heterocycles. The molecule has 0 bridgehead atoms. The third-order valence-electron chi connectivity index (χ3n) is 3.95. The molecule has 0 fully saturated rings. The molecule has 0 atom stereocenters. The first-order chi connectivity index (χ1) is 11.2. The Morgan fingerprint density at radius 1 is 0.696 bits per heavy atom. The summed E-state index contributed by atoms with van der Waals surface area (Å²) in [5.74, 6) is 0.253. The molecule has 0 heterocycles. The largest absolute Gasteiger partial charge is 0.299 e. The second-order valence-electron chi connectivity index (χ2n) is 5.94. The van der Waals surface area contributed by atoms with Crippen LogP contribution < -0.4 is 0 Å². The van der Waals surface area contributed by atoms with E-state index >= 15 is 0 Å². The molecule has 3 rings (SSSR count). The number of rotatable bonds is 5. The highest BCUT2D eigenvalue weighted by atomic mass is 16.1. The van der Waals surface area contributed by atoms with Crippen LogP contribution in [0.1, 0.15) is 16.7 Å². The summed E-state index contributed by atoms with van der Waals surface area (Å²) in [6.45, 7) is 2.05. The highest BCUT2D eigenvalue weighted by molar-refractivity contribution is 5.83. The maximum atomic E-state index is 12.2. The van der Waals surface area contributed by atoms with E-state index in [9.17, 15) is 4.79 Å². The van der Waals surface area contributed by atoms with Crippen molar-refractivity contribution in [1.29, 1.82) is 0 Å². The highest BCUT2D eigenvalue weighted by Gasteiger charge is 2.06. The van der Waals surface area contributed by atoms with E-state index in [0.29, 0.717) is 12.8 Å². The molecular weight excluding hydrogens is 280 g/mol. The van der Waals surface area contributed by atoms with Crippen LogP contribution in [-0.4, -0.2) is 5.78 Å². The third kappa shape index (κ3) is 4.17. The summed E-state index contributed by atoms with van der Waals surface area (Å²) in [4.78, 5) is 12.2. The van der Waals surface area contributed by atoms with Crippen molar-refractivity contribution in [2.45, 2.75) is 19.8 Å². The van der Waals surface area contributed by atoms with Gasteiger partial charge in [-0.3, -0.25) is 4.79 Å². The molecule has 0 unspecified atom stereocenters. The van der Waals surface area contributed by atoms with Gasteiger partial charge in [-0.05, 0) is 29.2 Å². The Balaban J connectivity index is 1.65. The number of carbonyl (C=O) groups is 1. The summed E-state index contributed by atoms with van der Waals surface area (Å²) in [6, 6.07) is 26.7. The molecule has 23 heavy (non-hydrogen) atoms. The van der Waals surface area contributed by atoms with Gasteiger partial charge in [0, 0.05) is 12.8 Å². The van der Waals surface area contributed by atoms with Gasteiger partial charge in [-0.15, -0.1) is 0 Å². The number of ketones is 1. The number of hydrogen-bond acceptors (Lipinski definition) is 1. The smallest absolute Gasteiger partial charge is 0.141 e. The van der Waals surface area contributed by atoms with E-state index in [-0.39, 0.29) is 5.78 Å². The van der Waals surface area contributed by atoms with Gasteiger partial charge < -0.3 is 0 Å². The molecule has 0 saturated carbocycles. The fraction of sp³-hybridized carbons (Fsp3) is 0.136. The normalized spacial score (nSPS) is 10.5. The summed E-state index contributed by atoms with van der Waals surface area (Å²) >= 11 is 0. The van der Waals surface area contributed by atoms with Crippen molar-refractivity contribution in [2.75, 3.05) is 0 Å². The van der Waals surface area contributed by atoms with Crippen LogP contribution in [0.3, 0.4) is 0 Å². The van der Waals surface area contributed by atoms with Crippen LogP contribution in [0.2, 0.25) is 0 Å². The molecule has 3 aromatic rings. The van der Waals surface area contributed by atoms with Gasteiger partial charge in [0.2, 0.25) is 0 Å². The molecular formula is C22H20O. The topological polar surface area (TPSA) is 17.1 Å². The van der Waals surface area contributed by atoms with Gasteiger partial charge in [0.05, 0.1) is 0 Å². The Morgan fingerprint density at radius 3 is 2.04 bits per heavy atom. The summed E-state index contributed by atoms with van der Waals surface area (Å²) in [5.41, 5.74) is 5.74. The first kappa shape index (κ1) is 15.2. The lowest BCUT2D eigenvalue weighted by Gasteiger charge is -2.05. The Bertz CT molecular complexity index is 786. The number of carbonyl (C=O) groups excluding carboxylic acids is 1. The van der Waals surface area contributed by atoms with Crippen LogP contribution in [-0.2, 0) is 17.6 Å². The number of hydrogen-bond donors (Lipinski definition) is 0. The average molecular weight is 300 g/mol. The summed E-state index contributed by atoms with van der Waals surface area (Å²) in [7, 11) is 0. The lowest BCUT2D eigenvalue weighted by atomic mass is 9.99. The highest BCUT2D eigenvalue weighted by Crippen LogP contribution is 2.19. The fourth-order valence-electron chi connectivity index (χ4n) is 2.79. The molecule has 0 aromatic heterocycles. The van der Waals surface area contributed by atoms with E-state index < -0.39 is 0 Å². The molecule has 0 saturated heterocycles. The maximum absolute atomic E-state index is 12.2. The number of aryl methyl sites for hydroxylation is 1. The van der Waals surface area contributed by atoms with Crippen LogP contribution in [0.5, 0.6) is 0 Å². The van der Waals surface area contributed by atoms with E-state index in [1.54, 1.807) is 0 Å². The minimum atomic E-state index is 0.253. The first-order valence-corrected chi connectivity index (χ1v) is 7.92. The summed E-state index contributed by atoms with van der Waals surface area (Å²) < 4.78 is 0. The SMILES string of the molecule is Cc1cccc(CC(=O)Cc2ccc(-c3ccccc3)cc2)c1. The van der Waals surface area contributed by atoms with Gasteiger partial charge in [0.25, 0.3) is 0 Å². The molecule has 0 N–H and O–H groups in total. The zero-order valence-electron chi connectivity index (χ0n) is 13.3. The Morgan fingerprint density at radius 2 is 1.35 bits per heavy atom. The zero-order valence-corrected chi connectivity index (χ0v) is 13.3. The van der Waals surface area contributed by atoms with Gasteiger partial charge in [0.1, 0.15) is 5.78 Å². The lowest BCUT2D eigenvalue weighted by Crippen LogP contribution is -2.06. The van der Waals surface area contributed by atoms with E-state index in [4.69, 9.17) is 0 Å². The van der Waals surface area contributed by atoms with Crippen LogP contribution in [0, 0.1) is 6.92 Å². The predicted molar refractivity (Wildman–Crippen MR) is 95.5 cm³/mol. The van der Waals surface area contributed by atoms with Gasteiger partial charge in [-0.1, -0.05) is 84.4 Å². The third-order valence-corrected chi connectivity index (χ3v) is 3.95. The van der Waals surface area contributed by atoms with E-state index in [2.05, 4.69) is 55.5 Å². The summed E-state index contributed by atoms with van der Waals surface area (Å²) in [5, 5.41) is 0. The average Bonchev–Trinajstić information content (AvgIpc) is 2.56. The number of Topliss-reactive ketones (excluding diaryl/α,β-unsaturated/α-hetero) is 1. The molecule has 1 nitrogen and oxygen atoms in total. The predicted octanol–water partition coefficient (Wildman–Crippen LogP) is 5.02. The Hall–Kier alpha value is -2.67. The van der Waals surface area contributed by atoms with Crippen molar-refractivity contribution in [3.8, 4) is 11.1 Å². The Labute approximate surface area is 137 Å². The molecule has 0 radical (unpaired) electrons. The van der Waals surface area contributed by atoms with Crippen molar-refractivity contribution in [3.05, 3.63) is 95.6 Å². The lowest BCUT2D eigenvalue weighted by molar-refractivity contribution is -0.117. The standard InChI is InChI=1S/C22H20O/c1-17-6-5-7-19(14-17)16-22(23)15-18-10-12-21(13-11-18)20-8-3-2-4-9-20/h2-14H,15-16H2,1H3. The monoisotopic (exact) mass is 300 g/mol. The van der Waals surface area contributed by atoms with Crippen LogP contribution >= 0.6 is 0 Å². The van der Waals surface area contributed by atoms with Gasteiger partial charge in [-0.2, -0.15) is 0 Å². The number of benzene rings is 3. The van der Waals surface area contributed by atoms with Gasteiger partial charge >= 0.3 is 0 Å².